The number of H-pyrrole nitrogens is 1. The quantitative estimate of drug-likeness (QED) is 0.558. The summed E-state index contributed by atoms with van der Waals surface area (Å²) in [4.78, 5) is 32.2. The fourth-order valence-corrected chi connectivity index (χ4v) is 3.30. The maximum absolute atomic E-state index is 12.5. The number of para-hydroxylation sites is 1. The Morgan fingerprint density at radius 3 is 2.93 bits per heavy atom. The minimum Gasteiger partial charge on any atom is -0.361 e. The molecule has 0 saturated carbocycles. The summed E-state index contributed by atoms with van der Waals surface area (Å²) in [6.07, 6.45) is 4.05. The van der Waals surface area contributed by atoms with Crippen molar-refractivity contribution in [2.24, 2.45) is 0 Å². The molecule has 0 unspecified atom stereocenters. The lowest BCUT2D eigenvalue weighted by Crippen LogP contribution is -2.33. The van der Waals surface area contributed by atoms with Gasteiger partial charge < -0.3 is 10.3 Å². The molecule has 6 nitrogen and oxygen atoms in total. The lowest BCUT2D eigenvalue weighted by Gasteiger charge is -2.08. The van der Waals surface area contributed by atoms with Crippen LogP contribution in [0.15, 0.2) is 59.8 Å². The van der Waals surface area contributed by atoms with Gasteiger partial charge >= 0.3 is 0 Å². The van der Waals surface area contributed by atoms with E-state index in [4.69, 9.17) is 11.6 Å². The molecule has 0 spiro atoms. The van der Waals surface area contributed by atoms with Crippen molar-refractivity contribution in [1.82, 2.24) is 19.9 Å². The van der Waals surface area contributed by atoms with E-state index in [1.54, 1.807) is 18.2 Å². The van der Waals surface area contributed by atoms with Gasteiger partial charge in [-0.25, -0.2) is 4.98 Å². The topological polar surface area (TPSA) is 79.8 Å². The van der Waals surface area contributed by atoms with Crippen molar-refractivity contribution >= 4 is 39.3 Å². The average molecular weight is 381 g/mol. The number of rotatable bonds is 5. The van der Waals surface area contributed by atoms with E-state index in [1.165, 1.54) is 10.9 Å². The van der Waals surface area contributed by atoms with E-state index in [0.717, 1.165) is 16.5 Å². The van der Waals surface area contributed by atoms with Crippen molar-refractivity contribution in [3.63, 3.8) is 0 Å². The standard InChI is InChI=1S/C20H17ClN4O2/c21-14-5-6-18-16(9-14)20(27)25(12-24-18)11-19(26)22-8-7-13-10-23-17-4-2-1-3-15(13)17/h1-6,9-10,12,23H,7-8,11H2,(H,22,26). The van der Waals surface area contributed by atoms with E-state index < -0.39 is 0 Å². The molecular weight excluding hydrogens is 364 g/mol. The molecule has 0 bridgehead atoms. The maximum Gasteiger partial charge on any atom is 0.261 e. The predicted octanol–water partition coefficient (Wildman–Crippen LogP) is 2.89. The molecule has 136 valence electrons. The van der Waals surface area contributed by atoms with E-state index in [-0.39, 0.29) is 18.0 Å². The number of carbonyl (C=O) groups excluding carboxylic acids is 1. The van der Waals surface area contributed by atoms with Gasteiger partial charge in [0.15, 0.2) is 0 Å². The van der Waals surface area contributed by atoms with Gasteiger partial charge in [-0.15, -0.1) is 0 Å². The van der Waals surface area contributed by atoms with Gasteiger partial charge in [0.25, 0.3) is 5.56 Å². The van der Waals surface area contributed by atoms with Crippen LogP contribution in [-0.2, 0) is 17.8 Å². The highest BCUT2D eigenvalue weighted by Crippen LogP contribution is 2.17. The van der Waals surface area contributed by atoms with Crippen LogP contribution < -0.4 is 10.9 Å². The number of amides is 1. The van der Waals surface area contributed by atoms with Gasteiger partial charge in [0, 0.05) is 28.7 Å². The Morgan fingerprint density at radius 1 is 1.19 bits per heavy atom. The minimum absolute atomic E-state index is 0.0812. The molecule has 0 aliphatic carbocycles. The third kappa shape index (κ3) is 3.57. The van der Waals surface area contributed by atoms with Gasteiger partial charge in [0.2, 0.25) is 5.91 Å². The Labute approximate surface area is 159 Å². The Balaban J connectivity index is 1.41. The predicted molar refractivity (Wildman–Crippen MR) is 106 cm³/mol. The van der Waals surface area contributed by atoms with Crippen LogP contribution in [0.5, 0.6) is 0 Å². The van der Waals surface area contributed by atoms with Gasteiger partial charge in [-0.3, -0.25) is 14.2 Å². The first-order valence-corrected chi connectivity index (χ1v) is 8.96. The largest absolute Gasteiger partial charge is 0.361 e. The molecular formula is C20H17ClN4O2. The number of hydrogen-bond donors (Lipinski definition) is 2. The number of aromatic amines is 1. The summed E-state index contributed by atoms with van der Waals surface area (Å²) in [5.74, 6) is -0.236. The summed E-state index contributed by atoms with van der Waals surface area (Å²) < 4.78 is 1.29. The molecule has 2 N–H and O–H groups in total. The Kier molecular flexibility index (Phi) is 4.64. The number of hydrogen-bond acceptors (Lipinski definition) is 3. The van der Waals surface area contributed by atoms with E-state index in [9.17, 15) is 9.59 Å². The SMILES string of the molecule is O=C(Cn1cnc2ccc(Cl)cc2c1=O)NCCc1c[nH]c2ccccc12. The zero-order valence-corrected chi connectivity index (χ0v) is 15.2. The van der Waals surface area contributed by atoms with Crippen LogP contribution in [-0.4, -0.2) is 27.0 Å². The summed E-state index contributed by atoms with van der Waals surface area (Å²) in [5.41, 5.74) is 2.49. The van der Waals surface area contributed by atoms with Crippen LogP contribution in [0.3, 0.4) is 0 Å². The molecule has 2 aromatic carbocycles. The first kappa shape index (κ1) is 17.3. The monoisotopic (exact) mass is 380 g/mol. The Hall–Kier alpha value is -3.12. The number of carbonyl (C=O) groups is 1. The number of aromatic nitrogens is 3. The first-order valence-electron chi connectivity index (χ1n) is 8.58. The van der Waals surface area contributed by atoms with Gasteiger partial charge in [-0.05, 0) is 36.2 Å². The highest BCUT2D eigenvalue weighted by Gasteiger charge is 2.09. The molecule has 0 fully saturated rings. The fraction of sp³-hybridized carbons (Fsp3) is 0.150. The molecule has 2 aromatic heterocycles. The summed E-state index contributed by atoms with van der Waals surface area (Å²) in [7, 11) is 0. The molecule has 0 aliphatic heterocycles. The lowest BCUT2D eigenvalue weighted by atomic mass is 10.1. The maximum atomic E-state index is 12.5. The summed E-state index contributed by atoms with van der Waals surface area (Å²) >= 11 is 5.95. The second-order valence-electron chi connectivity index (χ2n) is 6.30. The smallest absolute Gasteiger partial charge is 0.261 e. The fourth-order valence-electron chi connectivity index (χ4n) is 3.13. The van der Waals surface area contributed by atoms with Crippen molar-refractivity contribution in [3.05, 3.63) is 75.9 Å². The molecule has 4 aromatic rings. The van der Waals surface area contributed by atoms with Crippen molar-refractivity contribution < 1.29 is 4.79 Å². The molecule has 4 rings (SSSR count). The number of fused-ring (bicyclic) bond motifs is 2. The van der Waals surface area contributed by atoms with Crippen LogP contribution in [0, 0.1) is 0 Å². The van der Waals surface area contributed by atoms with E-state index in [1.807, 2.05) is 24.4 Å². The molecule has 27 heavy (non-hydrogen) atoms. The van der Waals surface area contributed by atoms with Gasteiger partial charge in [-0.1, -0.05) is 29.8 Å². The molecule has 0 saturated heterocycles. The number of nitrogens with zero attached hydrogens (tertiary/aromatic N) is 2. The first-order chi connectivity index (χ1) is 13.1. The van der Waals surface area contributed by atoms with Crippen LogP contribution >= 0.6 is 11.6 Å². The molecule has 2 heterocycles. The Bertz CT molecular complexity index is 1200. The minimum atomic E-state index is -0.283. The summed E-state index contributed by atoms with van der Waals surface area (Å²) in [6, 6.07) is 13.0. The molecule has 7 heteroatoms. The molecule has 0 radical (unpaired) electrons. The highest BCUT2D eigenvalue weighted by molar-refractivity contribution is 6.31. The number of halogens is 1. The third-order valence-corrected chi connectivity index (χ3v) is 4.73. The molecule has 1 amide bonds. The van der Waals surface area contributed by atoms with Crippen molar-refractivity contribution in [1.29, 1.82) is 0 Å². The molecule has 0 atom stereocenters. The second-order valence-corrected chi connectivity index (χ2v) is 6.73. The van der Waals surface area contributed by atoms with Crippen LogP contribution in [0.25, 0.3) is 21.8 Å². The van der Waals surface area contributed by atoms with Gasteiger partial charge in [0.05, 0.1) is 17.2 Å². The van der Waals surface area contributed by atoms with Crippen molar-refractivity contribution in [3.8, 4) is 0 Å². The normalized spacial score (nSPS) is 11.1. The lowest BCUT2D eigenvalue weighted by molar-refractivity contribution is -0.121. The van der Waals surface area contributed by atoms with Crippen LogP contribution in [0.2, 0.25) is 5.02 Å². The van der Waals surface area contributed by atoms with Gasteiger partial charge in [-0.2, -0.15) is 0 Å². The van der Waals surface area contributed by atoms with Crippen LogP contribution in [0.1, 0.15) is 5.56 Å². The van der Waals surface area contributed by atoms with E-state index in [0.29, 0.717) is 28.9 Å². The second kappa shape index (κ2) is 7.25. The van der Waals surface area contributed by atoms with Crippen molar-refractivity contribution in [2.45, 2.75) is 13.0 Å². The van der Waals surface area contributed by atoms with Gasteiger partial charge in [0.1, 0.15) is 6.54 Å². The third-order valence-electron chi connectivity index (χ3n) is 4.49. The van der Waals surface area contributed by atoms with Crippen molar-refractivity contribution in [2.75, 3.05) is 6.54 Å². The summed E-state index contributed by atoms with van der Waals surface area (Å²) in [6.45, 7) is 0.407. The zero-order chi connectivity index (χ0) is 18.8. The average Bonchev–Trinajstić information content (AvgIpc) is 3.08. The molecule has 0 aliphatic rings. The number of benzene rings is 2. The van der Waals surface area contributed by atoms with Crippen LogP contribution in [0.4, 0.5) is 0 Å². The highest BCUT2D eigenvalue weighted by atomic mass is 35.5. The van der Waals surface area contributed by atoms with E-state index in [2.05, 4.69) is 21.4 Å². The number of nitrogens with one attached hydrogen (secondary N) is 2. The Morgan fingerprint density at radius 2 is 2.04 bits per heavy atom. The summed E-state index contributed by atoms with van der Waals surface area (Å²) in [5, 5.41) is 4.87. The zero-order valence-electron chi connectivity index (χ0n) is 14.4. The van der Waals surface area contributed by atoms with E-state index >= 15 is 0 Å².